The lowest BCUT2D eigenvalue weighted by Crippen LogP contribution is -2.04. The van der Waals surface area contributed by atoms with E-state index in [0.717, 1.165) is 0 Å². The van der Waals surface area contributed by atoms with Crippen LogP contribution < -0.4 is 0 Å². The fourth-order valence-electron chi connectivity index (χ4n) is 0.720. The van der Waals surface area contributed by atoms with Gasteiger partial charge in [-0.15, -0.1) is 0 Å². The van der Waals surface area contributed by atoms with Gasteiger partial charge in [-0.2, -0.15) is 0 Å². The first-order valence-corrected chi connectivity index (χ1v) is 5.16. The van der Waals surface area contributed by atoms with Gasteiger partial charge in [0.15, 0.2) is 5.78 Å². The zero-order valence-corrected chi connectivity index (χ0v) is 7.02. The number of hydrogen-bond acceptors (Lipinski definition) is 3. The molecule has 0 fully saturated rings. The van der Waals surface area contributed by atoms with E-state index in [0.29, 0.717) is 0 Å². The minimum Gasteiger partial charge on any atom is -0.294 e. The van der Waals surface area contributed by atoms with Crippen LogP contribution >= 0.6 is 10.7 Å². The van der Waals surface area contributed by atoms with Gasteiger partial charge in [-0.1, -0.05) is 6.08 Å². The SMILES string of the molecule is O=C1C=CC=C(S(=O)(=O)Cl)C1. The average molecular weight is 193 g/mol. The molecule has 0 aromatic heterocycles. The highest BCUT2D eigenvalue weighted by atomic mass is 35.7. The lowest BCUT2D eigenvalue weighted by molar-refractivity contribution is -0.114. The largest absolute Gasteiger partial charge is 0.294 e. The molecule has 1 rings (SSSR count). The maximum atomic E-state index is 10.7. The lowest BCUT2D eigenvalue weighted by atomic mass is 10.2. The quantitative estimate of drug-likeness (QED) is 0.582. The molecule has 11 heavy (non-hydrogen) atoms. The van der Waals surface area contributed by atoms with E-state index < -0.39 is 9.05 Å². The van der Waals surface area contributed by atoms with Crippen LogP contribution in [0.3, 0.4) is 0 Å². The molecule has 0 unspecified atom stereocenters. The third-order valence-electron chi connectivity index (χ3n) is 1.23. The van der Waals surface area contributed by atoms with E-state index in [9.17, 15) is 13.2 Å². The summed E-state index contributed by atoms with van der Waals surface area (Å²) in [5, 5.41) is 0. The number of carbonyl (C=O) groups excluding carboxylic acids is 1. The Hall–Kier alpha value is -0.610. The van der Waals surface area contributed by atoms with E-state index in [-0.39, 0.29) is 17.1 Å². The molecule has 0 N–H and O–H groups in total. The molecule has 0 aromatic rings. The number of halogens is 1. The van der Waals surface area contributed by atoms with Crippen LogP contribution in [-0.4, -0.2) is 14.2 Å². The number of rotatable bonds is 1. The van der Waals surface area contributed by atoms with Crippen LogP contribution in [0.4, 0.5) is 0 Å². The van der Waals surface area contributed by atoms with Gasteiger partial charge in [0.2, 0.25) is 0 Å². The minimum atomic E-state index is -3.70. The highest BCUT2D eigenvalue weighted by molar-refractivity contribution is 8.16. The second-order valence-electron chi connectivity index (χ2n) is 2.07. The van der Waals surface area contributed by atoms with Crippen molar-refractivity contribution in [3.8, 4) is 0 Å². The summed E-state index contributed by atoms with van der Waals surface area (Å²) in [5.41, 5.74) is 0. The third kappa shape index (κ3) is 2.17. The van der Waals surface area contributed by atoms with Gasteiger partial charge in [-0.25, -0.2) is 8.42 Å². The Morgan fingerprint density at radius 3 is 2.45 bits per heavy atom. The lowest BCUT2D eigenvalue weighted by Gasteiger charge is -2.02. The van der Waals surface area contributed by atoms with Crippen molar-refractivity contribution in [1.82, 2.24) is 0 Å². The molecule has 0 heterocycles. The Balaban J connectivity index is 3.01. The summed E-state index contributed by atoms with van der Waals surface area (Å²) in [6, 6.07) is 0. The van der Waals surface area contributed by atoms with Crippen molar-refractivity contribution in [2.75, 3.05) is 0 Å². The highest BCUT2D eigenvalue weighted by Crippen LogP contribution is 2.19. The number of ketones is 1. The molecular weight excluding hydrogens is 188 g/mol. The van der Waals surface area contributed by atoms with Crippen LogP contribution in [0.5, 0.6) is 0 Å². The smallest absolute Gasteiger partial charge is 0.257 e. The molecule has 0 bridgehead atoms. The highest BCUT2D eigenvalue weighted by Gasteiger charge is 2.17. The number of hydrogen-bond donors (Lipinski definition) is 0. The number of carbonyl (C=O) groups is 1. The molecule has 3 nitrogen and oxygen atoms in total. The summed E-state index contributed by atoms with van der Waals surface area (Å²) in [6.07, 6.45) is 3.89. The maximum absolute atomic E-state index is 10.7. The van der Waals surface area contributed by atoms with Crippen LogP contribution in [0.15, 0.2) is 23.1 Å². The second-order valence-corrected chi connectivity index (χ2v) is 4.69. The summed E-state index contributed by atoms with van der Waals surface area (Å²) >= 11 is 0. The average Bonchev–Trinajstić information content (AvgIpc) is 1.86. The fourth-order valence-corrected chi connectivity index (χ4v) is 1.59. The van der Waals surface area contributed by atoms with E-state index >= 15 is 0 Å². The second kappa shape index (κ2) is 2.79. The van der Waals surface area contributed by atoms with Gasteiger partial charge in [-0.3, -0.25) is 4.79 Å². The van der Waals surface area contributed by atoms with E-state index in [2.05, 4.69) is 0 Å². The summed E-state index contributed by atoms with van der Waals surface area (Å²) in [4.78, 5) is 10.6. The maximum Gasteiger partial charge on any atom is 0.257 e. The zero-order valence-electron chi connectivity index (χ0n) is 5.45. The van der Waals surface area contributed by atoms with Gasteiger partial charge in [0.05, 0.1) is 4.91 Å². The standard InChI is InChI=1S/C6H5ClO3S/c7-11(9,10)6-3-1-2-5(8)4-6/h1-3H,4H2. The molecule has 0 amide bonds. The van der Waals surface area contributed by atoms with Crippen LogP contribution in [0.25, 0.3) is 0 Å². The Kier molecular flexibility index (Phi) is 2.15. The molecule has 0 saturated heterocycles. The van der Waals surface area contributed by atoms with Gasteiger partial charge >= 0.3 is 0 Å². The van der Waals surface area contributed by atoms with Gasteiger partial charge in [0.1, 0.15) is 0 Å². The van der Waals surface area contributed by atoms with Crippen molar-refractivity contribution in [3.63, 3.8) is 0 Å². The van der Waals surface area contributed by atoms with Crippen molar-refractivity contribution in [1.29, 1.82) is 0 Å². The van der Waals surface area contributed by atoms with Crippen LogP contribution in [0.2, 0.25) is 0 Å². The molecule has 0 saturated carbocycles. The topological polar surface area (TPSA) is 51.2 Å². The normalized spacial score (nSPS) is 18.3. The van der Waals surface area contributed by atoms with Crippen molar-refractivity contribution >= 4 is 25.5 Å². The summed E-state index contributed by atoms with van der Waals surface area (Å²) in [7, 11) is 1.30. The molecule has 0 atom stereocenters. The van der Waals surface area contributed by atoms with Crippen LogP contribution in [0, 0.1) is 0 Å². The van der Waals surface area contributed by atoms with Gasteiger partial charge in [-0.05, 0) is 12.2 Å². The van der Waals surface area contributed by atoms with Crippen molar-refractivity contribution < 1.29 is 13.2 Å². The van der Waals surface area contributed by atoms with Crippen molar-refractivity contribution in [2.45, 2.75) is 6.42 Å². The van der Waals surface area contributed by atoms with E-state index in [1.807, 2.05) is 0 Å². The molecule has 1 aliphatic carbocycles. The Morgan fingerprint density at radius 1 is 1.45 bits per heavy atom. The van der Waals surface area contributed by atoms with E-state index in [1.54, 1.807) is 0 Å². The molecule has 0 spiro atoms. The van der Waals surface area contributed by atoms with E-state index in [1.165, 1.54) is 18.2 Å². The molecule has 1 aliphatic rings. The van der Waals surface area contributed by atoms with Gasteiger partial charge in [0.25, 0.3) is 9.05 Å². The Labute approximate surface area is 68.8 Å². The molecule has 0 aromatic carbocycles. The summed E-state index contributed by atoms with van der Waals surface area (Å²) in [5.74, 6) is -0.244. The fraction of sp³-hybridized carbons (Fsp3) is 0.167. The van der Waals surface area contributed by atoms with Gasteiger partial charge in [0, 0.05) is 17.1 Å². The Bertz CT molecular complexity index is 337. The first-order chi connectivity index (χ1) is 5.00. The number of allylic oxidation sites excluding steroid dienone is 4. The van der Waals surface area contributed by atoms with Crippen molar-refractivity contribution in [3.05, 3.63) is 23.1 Å². The molecule has 60 valence electrons. The first kappa shape index (κ1) is 8.49. The predicted octanol–water partition coefficient (Wildman–Crippen LogP) is 0.968. The Morgan fingerprint density at radius 2 is 2.09 bits per heavy atom. The molecular formula is C6H5ClO3S. The zero-order chi connectivity index (χ0) is 8.48. The first-order valence-electron chi connectivity index (χ1n) is 2.85. The van der Waals surface area contributed by atoms with Gasteiger partial charge < -0.3 is 0 Å². The monoisotopic (exact) mass is 192 g/mol. The molecule has 0 radical (unpaired) electrons. The molecule has 5 heteroatoms. The van der Waals surface area contributed by atoms with Crippen LogP contribution in [-0.2, 0) is 13.8 Å². The third-order valence-corrected chi connectivity index (χ3v) is 2.73. The summed E-state index contributed by atoms with van der Waals surface area (Å²) in [6.45, 7) is 0. The molecule has 0 aliphatic heterocycles. The summed E-state index contributed by atoms with van der Waals surface area (Å²) < 4.78 is 21.3. The predicted molar refractivity (Wildman–Crippen MR) is 41.6 cm³/mol. The van der Waals surface area contributed by atoms with Crippen molar-refractivity contribution in [2.24, 2.45) is 0 Å². The minimum absolute atomic E-state index is 0.0355. The van der Waals surface area contributed by atoms with E-state index in [4.69, 9.17) is 10.7 Å². The van der Waals surface area contributed by atoms with Crippen LogP contribution in [0.1, 0.15) is 6.42 Å².